The molecule has 24 heavy (non-hydrogen) atoms. The van der Waals surface area contributed by atoms with Crippen molar-refractivity contribution in [3.63, 3.8) is 0 Å². The maximum absolute atomic E-state index is 12.4. The highest BCUT2D eigenvalue weighted by Gasteiger charge is 2.21. The maximum atomic E-state index is 12.4. The van der Waals surface area contributed by atoms with Gasteiger partial charge in [0.05, 0.1) is 6.42 Å². The zero-order chi connectivity index (χ0) is 16.2. The van der Waals surface area contributed by atoms with Crippen LogP contribution in [-0.4, -0.2) is 37.0 Å². The van der Waals surface area contributed by atoms with Crippen LogP contribution >= 0.6 is 12.4 Å². The first-order chi connectivity index (χ1) is 11.1. The number of halogens is 1. The molecule has 128 valence electrons. The van der Waals surface area contributed by atoms with Crippen molar-refractivity contribution in [2.45, 2.75) is 13.3 Å². The van der Waals surface area contributed by atoms with Crippen LogP contribution in [0.5, 0.6) is 0 Å². The lowest BCUT2D eigenvalue weighted by Gasteiger charge is -2.36. The Morgan fingerprint density at radius 3 is 2.42 bits per heavy atom. The average Bonchev–Trinajstić information content (AvgIpc) is 2.55. The number of amides is 1. The first kappa shape index (κ1) is 18.1. The number of nitrogen functional groups attached to an aromatic ring is 1. The third-order valence-electron chi connectivity index (χ3n) is 4.31. The van der Waals surface area contributed by atoms with Gasteiger partial charge in [-0.2, -0.15) is 0 Å². The van der Waals surface area contributed by atoms with Gasteiger partial charge in [0.2, 0.25) is 5.91 Å². The summed E-state index contributed by atoms with van der Waals surface area (Å²) in [7, 11) is 0. The SMILES string of the molecule is Cc1cccc(N2CCN(C(=O)Cc3cccc(N)c3)CC2)c1.Cl. The van der Waals surface area contributed by atoms with Crippen molar-refractivity contribution < 1.29 is 4.79 Å². The Labute approximate surface area is 149 Å². The number of hydrogen-bond donors (Lipinski definition) is 1. The van der Waals surface area contributed by atoms with Crippen molar-refractivity contribution in [3.8, 4) is 0 Å². The molecule has 2 aromatic rings. The van der Waals surface area contributed by atoms with Crippen LogP contribution in [-0.2, 0) is 11.2 Å². The molecule has 0 spiro atoms. The van der Waals surface area contributed by atoms with E-state index in [2.05, 4.69) is 36.1 Å². The molecular formula is C19H24ClN3O. The fourth-order valence-electron chi connectivity index (χ4n) is 3.03. The predicted octanol–water partition coefficient (Wildman–Crippen LogP) is 2.89. The Morgan fingerprint density at radius 1 is 1.04 bits per heavy atom. The molecule has 1 aliphatic heterocycles. The second-order valence-electron chi connectivity index (χ2n) is 6.13. The molecule has 5 heteroatoms. The smallest absolute Gasteiger partial charge is 0.227 e. The van der Waals surface area contributed by atoms with Crippen LogP contribution in [0.4, 0.5) is 11.4 Å². The third-order valence-corrected chi connectivity index (χ3v) is 4.31. The van der Waals surface area contributed by atoms with Crippen molar-refractivity contribution in [1.29, 1.82) is 0 Å². The van der Waals surface area contributed by atoms with Gasteiger partial charge >= 0.3 is 0 Å². The minimum atomic E-state index is 0. The first-order valence-electron chi connectivity index (χ1n) is 8.05. The number of rotatable bonds is 3. The van der Waals surface area contributed by atoms with Gasteiger partial charge in [0, 0.05) is 37.6 Å². The lowest BCUT2D eigenvalue weighted by atomic mass is 10.1. The molecule has 2 aromatic carbocycles. The number of anilines is 2. The lowest BCUT2D eigenvalue weighted by molar-refractivity contribution is -0.130. The largest absolute Gasteiger partial charge is 0.399 e. The molecule has 1 aliphatic rings. The fourth-order valence-corrected chi connectivity index (χ4v) is 3.03. The first-order valence-corrected chi connectivity index (χ1v) is 8.05. The molecule has 3 rings (SSSR count). The Balaban J connectivity index is 0.00000208. The Kier molecular flexibility index (Phi) is 6.10. The summed E-state index contributed by atoms with van der Waals surface area (Å²) in [4.78, 5) is 16.7. The summed E-state index contributed by atoms with van der Waals surface area (Å²) in [5, 5.41) is 0. The van der Waals surface area contributed by atoms with Crippen molar-refractivity contribution in [3.05, 3.63) is 59.7 Å². The molecule has 1 saturated heterocycles. The topological polar surface area (TPSA) is 49.6 Å². The monoisotopic (exact) mass is 345 g/mol. The summed E-state index contributed by atoms with van der Waals surface area (Å²) in [5.41, 5.74) is 9.98. The van der Waals surface area contributed by atoms with E-state index in [1.807, 2.05) is 29.2 Å². The molecule has 0 unspecified atom stereocenters. The third kappa shape index (κ3) is 4.42. The van der Waals surface area contributed by atoms with E-state index >= 15 is 0 Å². The van der Waals surface area contributed by atoms with E-state index in [1.54, 1.807) is 0 Å². The van der Waals surface area contributed by atoms with E-state index in [0.29, 0.717) is 12.1 Å². The Hall–Kier alpha value is -2.20. The van der Waals surface area contributed by atoms with Gasteiger partial charge in [-0.05, 0) is 42.3 Å². The van der Waals surface area contributed by atoms with Gasteiger partial charge in [0.15, 0.2) is 0 Å². The number of nitrogens with two attached hydrogens (primary N) is 1. The van der Waals surface area contributed by atoms with Gasteiger partial charge in [-0.15, -0.1) is 12.4 Å². The summed E-state index contributed by atoms with van der Waals surface area (Å²) in [6, 6.07) is 16.1. The van der Waals surface area contributed by atoms with E-state index in [4.69, 9.17) is 5.73 Å². The summed E-state index contributed by atoms with van der Waals surface area (Å²) in [5.74, 6) is 0.180. The molecule has 1 fully saturated rings. The van der Waals surface area contributed by atoms with Crippen LogP contribution in [0.25, 0.3) is 0 Å². The highest BCUT2D eigenvalue weighted by Crippen LogP contribution is 2.18. The minimum absolute atomic E-state index is 0. The highest BCUT2D eigenvalue weighted by atomic mass is 35.5. The summed E-state index contributed by atoms with van der Waals surface area (Å²) < 4.78 is 0. The fraction of sp³-hybridized carbons (Fsp3) is 0.316. The number of hydrogen-bond acceptors (Lipinski definition) is 3. The van der Waals surface area contributed by atoms with Crippen LogP contribution in [0.15, 0.2) is 48.5 Å². The van der Waals surface area contributed by atoms with Crippen LogP contribution in [0.1, 0.15) is 11.1 Å². The Morgan fingerprint density at radius 2 is 1.75 bits per heavy atom. The van der Waals surface area contributed by atoms with E-state index in [-0.39, 0.29) is 18.3 Å². The molecule has 0 atom stereocenters. The number of carbonyl (C=O) groups excluding carboxylic acids is 1. The molecule has 0 bridgehead atoms. The van der Waals surface area contributed by atoms with Gasteiger partial charge in [0.1, 0.15) is 0 Å². The molecule has 2 N–H and O–H groups in total. The molecule has 0 aromatic heterocycles. The molecule has 0 aliphatic carbocycles. The number of piperazine rings is 1. The van der Waals surface area contributed by atoms with Gasteiger partial charge in [-0.25, -0.2) is 0 Å². The summed E-state index contributed by atoms with van der Waals surface area (Å²) >= 11 is 0. The van der Waals surface area contributed by atoms with Crippen molar-refractivity contribution in [2.24, 2.45) is 0 Å². The normalized spacial score (nSPS) is 14.2. The molecule has 4 nitrogen and oxygen atoms in total. The molecule has 0 radical (unpaired) electrons. The van der Waals surface area contributed by atoms with Crippen LogP contribution < -0.4 is 10.6 Å². The van der Waals surface area contributed by atoms with Crippen LogP contribution in [0, 0.1) is 6.92 Å². The van der Waals surface area contributed by atoms with E-state index < -0.39 is 0 Å². The number of nitrogens with zero attached hydrogens (tertiary/aromatic N) is 2. The molecule has 1 amide bonds. The van der Waals surface area contributed by atoms with Crippen molar-refractivity contribution in [1.82, 2.24) is 4.90 Å². The van der Waals surface area contributed by atoms with Gasteiger partial charge in [0.25, 0.3) is 0 Å². The second-order valence-corrected chi connectivity index (χ2v) is 6.13. The number of carbonyl (C=O) groups is 1. The molecule has 0 saturated carbocycles. The van der Waals surface area contributed by atoms with Gasteiger partial charge in [-0.3, -0.25) is 4.79 Å². The van der Waals surface area contributed by atoms with Gasteiger partial charge < -0.3 is 15.5 Å². The highest BCUT2D eigenvalue weighted by molar-refractivity contribution is 5.85. The standard InChI is InChI=1S/C19H23N3O.ClH/c1-15-4-2-7-18(12-15)21-8-10-22(11-9-21)19(23)14-16-5-3-6-17(20)13-16;/h2-7,12-13H,8-11,14,20H2,1H3;1H. The zero-order valence-corrected chi connectivity index (χ0v) is 14.8. The van der Waals surface area contributed by atoms with Crippen molar-refractivity contribution in [2.75, 3.05) is 36.8 Å². The second kappa shape index (κ2) is 8.06. The molecular weight excluding hydrogens is 322 g/mol. The van der Waals surface area contributed by atoms with Crippen LogP contribution in [0.2, 0.25) is 0 Å². The van der Waals surface area contributed by atoms with E-state index in [0.717, 1.165) is 31.7 Å². The summed E-state index contributed by atoms with van der Waals surface area (Å²) in [6.07, 6.45) is 0.426. The number of benzene rings is 2. The van der Waals surface area contributed by atoms with E-state index in [1.165, 1.54) is 11.3 Å². The average molecular weight is 346 g/mol. The quantitative estimate of drug-likeness (QED) is 0.870. The maximum Gasteiger partial charge on any atom is 0.227 e. The number of aryl methyl sites for hydroxylation is 1. The lowest BCUT2D eigenvalue weighted by Crippen LogP contribution is -2.49. The predicted molar refractivity (Wildman–Crippen MR) is 102 cm³/mol. The minimum Gasteiger partial charge on any atom is -0.399 e. The Bertz CT molecular complexity index is 697. The zero-order valence-electron chi connectivity index (χ0n) is 13.9. The molecule has 1 heterocycles. The van der Waals surface area contributed by atoms with Crippen LogP contribution in [0.3, 0.4) is 0 Å². The van der Waals surface area contributed by atoms with Crippen molar-refractivity contribution >= 4 is 29.7 Å². The summed E-state index contributed by atoms with van der Waals surface area (Å²) in [6.45, 7) is 5.41. The van der Waals surface area contributed by atoms with Gasteiger partial charge in [-0.1, -0.05) is 24.3 Å². The van der Waals surface area contributed by atoms with E-state index in [9.17, 15) is 4.79 Å².